The van der Waals surface area contributed by atoms with Crippen LogP contribution < -0.4 is 5.69 Å². The van der Waals surface area contributed by atoms with E-state index in [4.69, 9.17) is 5.26 Å². The molecule has 2 heterocycles. The Labute approximate surface area is 124 Å². The maximum absolute atomic E-state index is 12.4. The summed E-state index contributed by atoms with van der Waals surface area (Å²) >= 11 is 0. The molecule has 0 amide bonds. The minimum Gasteiger partial charge on any atom is -0.493 e. The zero-order valence-corrected chi connectivity index (χ0v) is 11.6. The summed E-state index contributed by atoms with van der Waals surface area (Å²) in [6.07, 6.45) is 0.189. The summed E-state index contributed by atoms with van der Waals surface area (Å²) in [6, 6.07) is 6.73. The molecule has 1 aromatic heterocycles. The highest BCUT2D eigenvalue weighted by Crippen LogP contribution is 2.29. The van der Waals surface area contributed by atoms with Gasteiger partial charge in [-0.05, 0) is 24.6 Å². The van der Waals surface area contributed by atoms with Crippen molar-refractivity contribution in [1.29, 1.82) is 10.5 Å². The molecule has 1 N–H and O–H groups in total. The topological polar surface area (TPSA) is 112 Å². The number of hydrogen-bond acceptors (Lipinski definition) is 5. The largest absolute Gasteiger partial charge is 0.493 e. The second-order valence-corrected chi connectivity index (χ2v) is 4.97. The lowest BCUT2D eigenvalue weighted by Gasteiger charge is -2.10. The maximum Gasteiger partial charge on any atom is 0.336 e. The Morgan fingerprint density at radius 3 is 2.55 bits per heavy atom. The Morgan fingerprint density at radius 1 is 1.23 bits per heavy atom. The maximum atomic E-state index is 12.4. The minimum atomic E-state index is -0.532. The van der Waals surface area contributed by atoms with E-state index in [0.717, 1.165) is 4.57 Å². The van der Waals surface area contributed by atoms with Gasteiger partial charge < -0.3 is 5.11 Å². The van der Waals surface area contributed by atoms with Gasteiger partial charge in [0.25, 0.3) is 0 Å². The van der Waals surface area contributed by atoms with Crippen LogP contribution in [0, 0.1) is 29.6 Å². The number of Topliss-reactive ketones (excluding diaryl/α,β-unsaturated/α-hetero) is 1. The molecule has 1 aliphatic heterocycles. The molecule has 0 aliphatic carbocycles. The second-order valence-electron chi connectivity index (χ2n) is 4.97. The molecule has 0 atom stereocenters. The first-order valence-electron chi connectivity index (χ1n) is 6.53. The van der Waals surface area contributed by atoms with Gasteiger partial charge >= 0.3 is 5.69 Å². The van der Waals surface area contributed by atoms with Crippen molar-refractivity contribution >= 4 is 5.78 Å². The summed E-state index contributed by atoms with van der Waals surface area (Å²) in [4.78, 5) is 24.2. The van der Waals surface area contributed by atoms with E-state index in [9.17, 15) is 20.0 Å². The third-order valence-electron chi connectivity index (χ3n) is 3.85. The summed E-state index contributed by atoms with van der Waals surface area (Å²) in [5, 5.41) is 28.4. The number of benzene rings is 1. The first kappa shape index (κ1) is 13.7. The van der Waals surface area contributed by atoms with Crippen LogP contribution in [0.2, 0.25) is 0 Å². The molecule has 108 valence electrons. The van der Waals surface area contributed by atoms with Gasteiger partial charge in [0.05, 0.1) is 16.8 Å². The van der Waals surface area contributed by atoms with E-state index < -0.39 is 11.6 Å². The molecule has 0 saturated heterocycles. The Bertz CT molecular complexity index is 967. The van der Waals surface area contributed by atoms with Gasteiger partial charge in [-0.25, -0.2) is 9.36 Å². The van der Waals surface area contributed by atoms with Gasteiger partial charge in [0, 0.05) is 13.0 Å². The molecule has 1 aliphatic rings. The monoisotopic (exact) mass is 294 g/mol. The number of nitrogens with zero attached hydrogens (tertiary/aromatic N) is 4. The first-order chi connectivity index (χ1) is 10.5. The normalized spacial score (nSPS) is 12.8. The molecule has 0 spiro atoms. The zero-order chi connectivity index (χ0) is 16.0. The van der Waals surface area contributed by atoms with Gasteiger partial charge in [-0.2, -0.15) is 10.5 Å². The highest BCUT2D eigenvalue weighted by atomic mass is 16.3. The van der Waals surface area contributed by atoms with Crippen molar-refractivity contribution in [3.8, 4) is 23.7 Å². The summed E-state index contributed by atoms with van der Waals surface area (Å²) in [6.45, 7) is 1.82. The van der Waals surface area contributed by atoms with Crippen LogP contribution in [0.4, 0.5) is 0 Å². The van der Waals surface area contributed by atoms with Crippen molar-refractivity contribution in [2.45, 2.75) is 19.9 Å². The molecule has 3 rings (SSSR count). The van der Waals surface area contributed by atoms with Crippen LogP contribution in [0.25, 0.3) is 5.69 Å². The van der Waals surface area contributed by atoms with Crippen molar-refractivity contribution in [2.24, 2.45) is 0 Å². The van der Waals surface area contributed by atoms with Crippen LogP contribution in [0.1, 0.15) is 33.6 Å². The summed E-state index contributed by atoms with van der Waals surface area (Å²) in [7, 11) is 0. The Hall–Kier alpha value is -3.32. The fourth-order valence-electron chi connectivity index (χ4n) is 2.75. The number of carbonyl (C=O) groups excluding carboxylic acids is 1. The van der Waals surface area contributed by atoms with E-state index >= 15 is 0 Å². The Kier molecular flexibility index (Phi) is 2.86. The number of ketones is 1. The minimum absolute atomic E-state index is 0.00716. The van der Waals surface area contributed by atoms with Crippen LogP contribution >= 0.6 is 0 Å². The van der Waals surface area contributed by atoms with Crippen LogP contribution in [-0.4, -0.2) is 20.0 Å². The number of imidazole rings is 1. The molecule has 0 unspecified atom stereocenters. The number of rotatable bonds is 1. The fraction of sp³-hybridized carbons (Fsp3) is 0.200. The highest BCUT2D eigenvalue weighted by molar-refractivity contribution is 5.98. The number of aromatic hydroxyl groups is 1. The highest BCUT2D eigenvalue weighted by Gasteiger charge is 2.31. The third-order valence-corrected chi connectivity index (χ3v) is 3.85. The Morgan fingerprint density at radius 2 is 1.95 bits per heavy atom. The van der Waals surface area contributed by atoms with E-state index in [0.29, 0.717) is 5.56 Å². The fourth-order valence-corrected chi connectivity index (χ4v) is 2.75. The zero-order valence-electron chi connectivity index (χ0n) is 11.6. The van der Waals surface area contributed by atoms with Crippen molar-refractivity contribution in [2.75, 3.05) is 0 Å². The standard InChI is InChI=1S/C15H10N4O3/c1-8-10(7-17)9(6-16)2-3-11(8)19-14(21)13-12(20)4-5-18(13)15(19)22/h2-3,21H,4-5H2,1H3. The summed E-state index contributed by atoms with van der Waals surface area (Å²) < 4.78 is 2.23. The average molecular weight is 294 g/mol. The molecular weight excluding hydrogens is 284 g/mol. The Balaban J connectivity index is 2.35. The molecule has 7 nitrogen and oxygen atoms in total. The molecule has 2 aromatic rings. The van der Waals surface area contributed by atoms with Gasteiger partial charge in [0.1, 0.15) is 12.1 Å². The van der Waals surface area contributed by atoms with Gasteiger partial charge in [-0.15, -0.1) is 0 Å². The van der Waals surface area contributed by atoms with E-state index in [1.165, 1.54) is 16.7 Å². The SMILES string of the molecule is Cc1c(-n2c(O)c3n(c2=O)CCC3=O)ccc(C#N)c1C#N. The van der Waals surface area contributed by atoms with Crippen molar-refractivity contribution < 1.29 is 9.90 Å². The van der Waals surface area contributed by atoms with Crippen molar-refractivity contribution in [1.82, 2.24) is 9.13 Å². The van der Waals surface area contributed by atoms with E-state index in [-0.39, 0.29) is 41.3 Å². The number of nitriles is 2. The van der Waals surface area contributed by atoms with Crippen LogP contribution in [0.5, 0.6) is 5.88 Å². The quantitative estimate of drug-likeness (QED) is 0.842. The first-order valence-corrected chi connectivity index (χ1v) is 6.53. The molecule has 1 aromatic carbocycles. The van der Waals surface area contributed by atoms with Crippen molar-refractivity contribution in [3.63, 3.8) is 0 Å². The molecule has 0 fully saturated rings. The molecule has 0 saturated carbocycles. The van der Waals surface area contributed by atoms with Crippen LogP contribution in [0.15, 0.2) is 16.9 Å². The van der Waals surface area contributed by atoms with Crippen LogP contribution in [0.3, 0.4) is 0 Å². The lowest BCUT2D eigenvalue weighted by molar-refractivity contribution is 0.0991. The van der Waals surface area contributed by atoms with Gasteiger partial charge in [0.2, 0.25) is 5.88 Å². The predicted molar refractivity (Wildman–Crippen MR) is 74.8 cm³/mol. The number of fused-ring (bicyclic) bond motifs is 1. The van der Waals surface area contributed by atoms with Crippen LogP contribution in [-0.2, 0) is 6.54 Å². The number of hydrogen-bond donors (Lipinski definition) is 1. The second kappa shape index (κ2) is 4.61. The summed E-state index contributed by atoms with van der Waals surface area (Å²) in [5.41, 5.74) is 0.480. The number of carbonyl (C=O) groups is 1. The number of aromatic nitrogens is 2. The van der Waals surface area contributed by atoms with E-state index in [1.807, 2.05) is 12.1 Å². The smallest absolute Gasteiger partial charge is 0.336 e. The summed E-state index contributed by atoms with van der Waals surface area (Å²) in [5.74, 6) is -0.718. The van der Waals surface area contributed by atoms with Gasteiger partial charge in [-0.1, -0.05) is 0 Å². The molecule has 0 radical (unpaired) electrons. The predicted octanol–water partition coefficient (Wildman–Crippen LogP) is 0.983. The van der Waals surface area contributed by atoms with Gasteiger partial charge in [-0.3, -0.25) is 9.36 Å². The van der Waals surface area contributed by atoms with Crippen molar-refractivity contribution in [3.05, 3.63) is 45.0 Å². The molecule has 22 heavy (non-hydrogen) atoms. The van der Waals surface area contributed by atoms with Gasteiger partial charge in [0.15, 0.2) is 11.5 Å². The molecule has 0 bridgehead atoms. The molecular formula is C15H10N4O3. The third kappa shape index (κ3) is 1.60. The molecule has 7 heteroatoms. The lowest BCUT2D eigenvalue weighted by atomic mass is 10.0. The van der Waals surface area contributed by atoms with E-state index in [1.54, 1.807) is 6.92 Å². The lowest BCUT2D eigenvalue weighted by Crippen LogP contribution is -2.23. The van der Waals surface area contributed by atoms with E-state index in [2.05, 4.69) is 0 Å². The average Bonchev–Trinajstić information content (AvgIpc) is 3.00.